The number of nitro groups is 1. The maximum absolute atomic E-state index is 10.5. The first kappa shape index (κ1) is 12.5. The summed E-state index contributed by atoms with van der Waals surface area (Å²) in [5, 5.41) is 19.8. The number of hydrogen-bond acceptors (Lipinski definition) is 3. The molecule has 0 N–H and O–H groups in total. The summed E-state index contributed by atoms with van der Waals surface area (Å²) < 4.78 is 0. The Bertz CT molecular complexity index is 452. The first-order chi connectivity index (χ1) is 7.47. The lowest BCUT2D eigenvalue weighted by molar-refractivity contribution is -0.384. The highest BCUT2D eigenvalue weighted by Gasteiger charge is 2.19. The third kappa shape index (κ3) is 2.50. The van der Waals surface area contributed by atoms with Crippen molar-refractivity contribution in [1.82, 2.24) is 0 Å². The van der Waals surface area contributed by atoms with Gasteiger partial charge in [-0.05, 0) is 17.5 Å². The average Bonchev–Trinajstić information content (AvgIpc) is 2.20. The van der Waals surface area contributed by atoms with Crippen LogP contribution in [0, 0.1) is 27.4 Å². The Morgan fingerprint density at radius 3 is 2.50 bits per heavy atom. The van der Waals surface area contributed by atoms with Crippen molar-refractivity contribution in [2.24, 2.45) is 5.92 Å². The molecule has 1 atom stereocenters. The summed E-state index contributed by atoms with van der Waals surface area (Å²) >= 11 is 5.94. The van der Waals surface area contributed by atoms with Gasteiger partial charge in [0.05, 0.1) is 21.9 Å². The van der Waals surface area contributed by atoms with Crippen LogP contribution in [-0.2, 0) is 0 Å². The Kier molecular flexibility index (Phi) is 3.86. The standard InChI is InChI=1S/C11H11ClN2O2/c1-7(2)10(6-13)9-4-3-8(14(15)16)5-11(9)12/h3-5,7,10H,1-2H3. The summed E-state index contributed by atoms with van der Waals surface area (Å²) in [6, 6.07) is 6.35. The van der Waals surface area contributed by atoms with Gasteiger partial charge in [-0.2, -0.15) is 5.26 Å². The lowest BCUT2D eigenvalue weighted by atomic mass is 9.90. The third-order valence-corrected chi connectivity index (χ3v) is 2.66. The molecule has 0 bridgehead atoms. The van der Waals surface area contributed by atoms with E-state index in [1.807, 2.05) is 13.8 Å². The van der Waals surface area contributed by atoms with E-state index in [-0.39, 0.29) is 22.5 Å². The van der Waals surface area contributed by atoms with Crippen molar-refractivity contribution >= 4 is 17.3 Å². The number of benzene rings is 1. The Labute approximate surface area is 98.6 Å². The highest BCUT2D eigenvalue weighted by Crippen LogP contribution is 2.32. The molecule has 0 heterocycles. The monoisotopic (exact) mass is 238 g/mol. The van der Waals surface area contributed by atoms with Gasteiger partial charge >= 0.3 is 0 Å². The van der Waals surface area contributed by atoms with E-state index in [0.717, 1.165) is 0 Å². The molecule has 16 heavy (non-hydrogen) atoms. The fourth-order valence-corrected chi connectivity index (χ4v) is 1.75. The van der Waals surface area contributed by atoms with E-state index in [2.05, 4.69) is 6.07 Å². The third-order valence-electron chi connectivity index (χ3n) is 2.34. The minimum Gasteiger partial charge on any atom is -0.258 e. The Hall–Kier alpha value is -1.60. The van der Waals surface area contributed by atoms with Crippen molar-refractivity contribution in [1.29, 1.82) is 5.26 Å². The van der Waals surface area contributed by atoms with Crippen molar-refractivity contribution in [2.45, 2.75) is 19.8 Å². The van der Waals surface area contributed by atoms with Crippen LogP contribution in [0.5, 0.6) is 0 Å². The molecular weight excluding hydrogens is 228 g/mol. The zero-order valence-corrected chi connectivity index (χ0v) is 9.73. The van der Waals surface area contributed by atoms with Crippen LogP contribution in [0.25, 0.3) is 0 Å². The summed E-state index contributed by atoms with van der Waals surface area (Å²) in [5.41, 5.74) is 0.582. The maximum Gasteiger partial charge on any atom is 0.270 e. The van der Waals surface area contributed by atoms with Crippen LogP contribution in [0.2, 0.25) is 5.02 Å². The highest BCUT2D eigenvalue weighted by molar-refractivity contribution is 6.31. The number of hydrogen-bond donors (Lipinski definition) is 0. The number of nitrogens with zero attached hydrogens (tertiary/aromatic N) is 2. The van der Waals surface area contributed by atoms with Crippen LogP contribution in [0.15, 0.2) is 18.2 Å². The lowest BCUT2D eigenvalue weighted by Gasteiger charge is -2.14. The second-order valence-corrected chi connectivity index (χ2v) is 4.22. The van der Waals surface area contributed by atoms with Crippen LogP contribution < -0.4 is 0 Å². The highest BCUT2D eigenvalue weighted by atomic mass is 35.5. The second kappa shape index (κ2) is 4.95. The first-order valence-electron chi connectivity index (χ1n) is 4.80. The predicted molar refractivity (Wildman–Crippen MR) is 61.3 cm³/mol. The fraction of sp³-hybridized carbons (Fsp3) is 0.364. The normalized spacial score (nSPS) is 12.2. The predicted octanol–water partition coefficient (Wildman–Crippen LogP) is 3.51. The smallest absolute Gasteiger partial charge is 0.258 e. The number of rotatable bonds is 3. The van der Waals surface area contributed by atoms with Gasteiger partial charge in [0.2, 0.25) is 0 Å². The molecule has 1 unspecified atom stereocenters. The van der Waals surface area contributed by atoms with Crippen molar-refractivity contribution < 1.29 is 4.92 Å². The second-order valence-electron chi connectivity index (χ2n) is 3.81. The van der Waals surface area contributed by atoms with Gasteiger partial charge in [0.1, 0.15) is 0 Å². The molecule has 0 aliphatic heterocycles. The summed E-state index contributed by atoms with van der Waals surface area (Å²) in [6.45, 7) is 3.82. The molecule has 0 aromatic heterocycles. The minimum absolute atomic E-state index is 0.0609. The topological polar surface area (TPSA) is 66.9 Å². The lowest BCUT2D eigenvalue weighted by Crippen LogP contribution is -2.05. The van der Waals surface area contributed by atoms with E-state index in [1.54, 1.807) is 6.07 Å². The zero-order chi connectivity index (χ0) is 12.3. The molecule has 84 valence electrons. The van der Waals surface area contributed by atoms with E-state index >= 15 is 0 Å². The first-order valence-corrected chi connectivity index (χ1v) is 5.18. The molecular formula is C11H11ClN2O2. The quantitative estimate of drug-likeness (QED) is 0.598. The molecule has 1 aromatic carbocycles. The van der Waals surface area contributed by atoms with Gasteiger partial charge in [-0.3, -0.25) is 10.1 Å². The molecule has 1 rings (SSSR count). The van der Waals surface area contributed by atoms with E-state index in [9.17, 15) is 10.1 Å². The van der Waals surface area contributed by atoms with Crippen molar-refractivity contribution in [3.8, 4) is 6.07 Å². The molecule has 0 aliphatic rings. The van der Waals surface area contributed by atoms with Crippen LogP contribution >= 0.6 is 11.6 Å². The van der Waals surface area contributed by atoms with E-state index in [4.69, 9.17) is 16.9 Å². The van der Waals surface area contributed by atoms with Crippen molar-refractivity contribution in [3.63, 3.8) is 0 Å². The number of halogens is 1. The SMILES string of the molecule is CC(C)C(C#N)c1ccc([N+](=O)[O-])cc1Cl. The summed E-state index contributed by atoms with van der Waals surface area (Å²) in [4.78, 5) is 10.0. The molecule has 0 saturated carbocycles. The Morgan fingerprint density at radius 2 is 2.12 bits per heavy atom. The van der Waals surface area contributed by atoms with Gasteiger partial charge in [-0.25, -0.2) is 0 Å². The van der Waals surface area contributed by atoms with E-state index in [1.165, 1.54) is 12.1 Å². The number of non-ortho nitro benzene ring substituents is 1. The summed E-state index contributed by atoms with van der Waals surface area (Å²) in [6.07, 6.45) is 0. The van der Waals surface area contributed by atoms with Gasteiger partial charge in [0.15, 0.2) is 0 Å². The molecule has 0 amide bonds. The Balaban J connectivity index is 3.18. The molecule has 1 aromatic rings. The fourth-order valence-electron chi connectivity index (χ4n) is 1.46. The van der Waals surface area contributed by atoms with Gasteiger partial charge in [0.25, 0.3) is 5.69 Å². The van der Waals surface area contributed by atoms with Crippen LogP contribution in [0.4, 0.5) is 5.69 Å². The molecule has 0 radical (unpaired) electrons. The van der Waals surface area contributed by atoms with Gasteiger partial charge in [0, 0.05) is 12.1 Å². The molecule has 4 nitrogen and oxygen atoms in total. The molecule has 0 spiro atoms. The van der Waals surface area contributed by atoms with Gasteiger partial charge < -0.3 is 0 Å². The van der Waals surface area contributed by atoms with Crippen LogP contribution in [0.1, 0.15) is 25.3 Å². The molecule has 0 saturated heterocycles. The van der Waals surface area contributed by atoms with Gasteiger partial charge in [-0.1, -0.05) is 25.4 Å². The van der Waals surface area contributed by atoms with Crippen LogP contribution in [-0.4, -0.2) is 4.92 Å². The molecule has 5 heteroatoms. The molecule has 0 fully saturated rings. The average molecular weight is 239 g/mol. The number of nitriles is 1. The molecule has 0 aliphatic carbocycles. The van der Waals surface area contributed by atoms with Crippen molar-refractivity contribution in [3.05, 3.63) is 38.9 Å². The minimum atomic E-state index is -0.508. The van der Waals surface area contributed by atoms with Crippen molar-refractivity contribution in [2.75, 3.05) is 0 Å². The largest absolute Gasteiger partial charge is 0.270 e. The zero-order valence-electron chi connectivity index (χ0n) is 8.98. The summed E-state index contributed by atoms with van der Waals surface area (Å²) in [7, 11) is 0. The van der Waals surface area contributed by atoms with Gasteiger partial charge in [-0.15, -0.1) is 0 Å². The Morgan fingerprint density at radius 1 is 1.50 bits per heavy atom. The van der Waals surface area contributed by atoms with E-state index in [0.29, 0.717) is 5.56 Å². The summed E-state index contributed by atoms with van der Waals surface area (Å²) in [5.74, 6) is -0.225. The maximum atomic E-state index is 10.5. The number of nitro benzene ring substituents is 1. The van der Waals surface area contributed by atoms with E-state index < -0.39 is 4.92 Å². The van der Waals surface area contributed by atoms with Crippen LogP contribution in [0.3, 0.4) is 0 Å².